The van der Waals surface area contributed by atoms with Crippen LogP contribution in [0.5, 0.6) is 0 Å². The number of ether oxygens (including phenoxy) is 1. The third kappa shape index (κ3) is 4.07. The molecule has 1 fully saturated rings. The van der Waals surface area contributed by atoms with Crippen LogP contribution in [0.25, 0.3) is 0 Å². The molecule has 0 radical (unpaired) electrons. The number of likely N-dealkylation sites (N-methyl/N-ethyl adjacent to an activating group) is 1. The Morgan fingerprint density at radius 2 is 2.00 bits per heavy atom. The molecule has 0 saturated carbocycles. The maximum absolute atomic E-state index is 12.1. The van der Waals surface area contributed by atoms with E-state index in [-0.39, 0.29) is 18.1 Å². The Morgan fingerprint density at radius 3 is 2.47 bits per heavy atom. The van der Waals surface area contributed by atoms with Gasteiger partial charge in [-0.3, -0.25) is 9.69 Å². The van der Waals surface area contributed by atoms with Crippen LogP contribution in [0.3, 0.4) is 0 Å². The van der Waals surface area contributed by atoms with Gasteiger partial charge in [-0.1, -0.05) is 34.6 Å². The van der Waals surface area contributed by atoms with Crippen LogP contribution in [0.4, 0.5) is 0 Å². The minimum atomic E-state index is 0.0807. The first-order valence-corrected chi connectivity index (χ1v) is 6.85. The second kappa shape index (κ2) is 6.50. The first-order chi connectivity index (χ1) is 7.95. The maximum Gasteiger partial charge on any atom is 0.152 e. The molecular formula is C14H27NO2. The lowest BCUT2D eigenvalue weighted by Crippen LogP contribution is -2.38. The lowest BCUT2D eigenvalue weighted by Gasteiger charge is -2.22. The molecule has 2 atom stereocenters. The van der Waals surface area contributed by atoms with E-state index >= 15 is 0 Å². The Bertz CT molecular complexity index is 251. The zero-order chi connectivity index (χ0) is 13.0. The molecule has 1 heterocycles. The summed E-state index contributed by atoms with van der Waals surface area (Å²) < 4.78 is 5.86. The smallest absolute Gasteiger partial charge is 0.152 e. The number of hydrogen-bond donors (Lipinski definition) is 0. The Kier molecular flexibility index (Phi) is 5.60. The molecule has 0 aromatic heterocycles. The van der Waals surface area contributed by atoms with Crippen molar-refractivity contribution in [1.29, 1.82) is 0 Å². The van der Waals surface area contributed by atoms with E-state index in [0.29, 0.717) is 11.7 Å². The first kappa shape index (κ1) is 14.7. The summed E-state index contributed by atoms with van der Waals surface area (Å²) in [5, 5.41) is 0. The van der Waals surface area contributed by atoms with Gasteiger partial charge in [0, 0.05) is 19.1 Å². The number of carbonyl (C=O) groups excluding carboxylic acids is 1. The highest BCUT2D eigenvalue weighted by molar-refractivity contribution is 5.86. The van der Waals surface area contributed by atoms with E-state index < -0.39 is 0 Å². The Hall–Kier alpha value is -0.410. The lowest BCUT2D eigenvalue weighted by atomic mass is 9.99. The van der Waals surface area contributed by atoms with Gasteiger partial charge in [0.05, 0.1) is 12.1 Å². The lowest BCUT2D eigenvalue weighted by molar-refractivity contribution is -0.126. The Labute approximate surface area is 106 Å². The van der Waals surface area contributed by atoms with Gasteiger partial charge in [0.25, 0.3) is 0 Å². The molecule has 0 bridgehead atoms. The van der Waals surface area contributed by atoms with Crippen LogP contribution in [-0.2, 0) is 9.53 Å². The number of rotatable bonds is 6. The molecule has 1 saturated heterocycles. The minimum Gasteiger partial charge on any atom is -0.377 e. The van der Waals surface area contributed by atoms with Crippen LogP contribution in [0.15, 0.2) is 0 Å². The van der Waals surface area contributed by atoms with Crippen molar-refractivity contribution < 1.29 is 9.53 Å². The molecule has 0 unspecified atom stereocenters. The number of nitrogens with zero attached hydrogens (tertiary/aromatic N) is 1. The highest BCUT2D eigenvalue weighted by Gasteiger charge is 2.36. The number of carbonyl (C=O) groups is 1. The van der Waals surface area contributed by atoms with Gasteiger partial charge >= 0.3 is 0 Å². The third-order valence-corrected chi connectivity index (χ3v) is 3.33. The molecular weight excluding hydrogens is 214 g/mol. The van der Waals surface area contributed by atoms with Gasteiger partial charge in [0.1, 0.15) is 0 Å². The van der Waals surface area contributed by atoms with Crippen molar-refractivity contribution in [3.05, 3.63) is 0 Å². The van der Waals surface area contributed by atoms with Crippen LogP contribution in [0.2, 0.25) is 0 Å². The predicted octanol–water partition coefficient (Wildman–Crippen LogP) is 2.35. The predicted molar refractivity (Wildman–Crippen MR) is 70.1 cm³/mol. The number of Topliss-reactive ketones (excluding diaryl/α,β-unsaturated/α-hetero) is 1. The van der Waals surface area contributed by atoms with Crippen molar-refractivity contribution in [2.24, 2.45) is 11.8 Å². The fourth-order valence-corrected chi connectivity index (χ4v) is 2.34. The maximum atomic E-state index is 12.1. The van der Waals surface area contributed by atoms with E-state index in [0.717, 1.165) is 26.1 Å². The summed E-state index contributed by atoms with van der Waals surface area (Å²) in [4.78, 5) is 14.4. The van der Waals surface area contributed by atoms with Gasteiger partial charge in [0.15, 0.2) is 5.78 Å². The molecule has 0 N–H and O–H groups in total. The van der Waals surface area contributed by atoms with Gasteiger partial charge in [0.2, 0.25) is 0 Å². The van der Waals surface area contributed by atoms with Crippen LogP contribution in [0, 0.1) is 11.8 Å². The molecule has 1 rings (SSSR count). The summed E-state index contributed by atoms with van der Waals surface area (Å²) in [7, 11) is 0. The molecule has 0 aliphatic carbocycles. The second-order valence-electron chi connectivity index (χ2n) is 5.75. The van der Waals surface area contributed by atoms with Crippen LogP contribution in [-0.4, -0.2) is 42.5 Å². The van der Waals surface area contributed by atoms with E-state index in [1.165, 1.54) is 0 Å². The van der Waals surface area contributed by atoms with Crippen molar-refractivity contribution in [3.8, 4) is 0 Å². The van der Waals surface area contributed by atoms with Gasteiger partial charge in [-0.15, -0.1) is 0 Å². The summed E-state index contributed by atoms with van der Waals surface area (Å²) in [6.45, 7) is 13.0. The second-order valence-corrected chi connectivity index (χ2v) is 5.75. The molecule has 1 aliphatic rings. The van der Waals surface area contributed by atoms with Gasteiger partial charge in [-0.25, -0.2) is 0 Å². The summed E-state index contributed by atoms with van der Waals surface area (Å²) in [5.74, 6) is 1.05. The summed E-state index contributed by atoms with van der Waals surface area (Å²) in [6, 6.07) is 0.0807. The van der Waals surface area contributed by atoms with Crippen LogP contribution < -0.4 is 0 Å². The molecule has 3 nitrogen and oxygen atoms in total. The van der Waals surface area contributed by atoms with Crippen molar-refractivity contribution in [2.75, 3.05) is 19.7 Å². The molecule has 100 valence electrons. The van der Waals surface area contributed by atoms with E-state index in [4.69, 9.17) is 4.74 Å². The molecule has 17 heavy (non-hydrogen) atoms. The monoisotopic (exact) mass is 241 g/mol. The van der Waals surface area contributed by atoms with Crippen molar-refractivity contribution in [2.45, 2.75) is 53.2 Å². The van der Waals surface area contributed by atoms with E-state index in [2.05, 4.69) is 25.7 Å². The minimum absolute atomic E-state index is 0.0807. The van der Waals surface area contributed by atoms with E-state index in [1.807, 2.05) is 13.8 Å². The fraction of sp³-hybridized carbons (Fsp3) is 0.929. The molecule has 1 aliphatic heterocycles. The average Bonchev–Trinajstić information content (AvgIpc) is 2.68. The third-order valence-electron chi connectivity index (χ3n) is 3.33. The highest BCUT2D eigenvalue weighted by Crippen LogP contribution is 2.23. The fourth-order valence-electron chi connectivity index (χ4n) is 2.34. The summed E-state index contributed by atoms with van der Waals surface area (Å²) >= 11 is 0. The van der Waals surface area contributed by atoms with Crippen molar-refractivity contribution >= 4 is 5.78 Å². The van der Waals surface area contributed by atoms with Gasteiger partial charge in [-0.05, 0) is 18.9 Å². The van der Waals surface area contributed by atoms with Crippen LogP contribution in [0.1, 0.15) is 41.0 Å². The zero-order valence-corrected chi connectivity index (χ0v) is 11.9. The average molecular weight is 241 g/mol. The van der Waals surface area contributed by atoms with E-state index in [9.17, 15) is 4.79 Å². The highest BCUT2D eigenvalue weighted by atomic mass is 16.5. The van der Waals surface area contributed by atoms with E-state index in [1.54, 1.807) is 0 Å². The summed E-state index contributed by atoms with van der Waals surface area (Å²) in [6.07, 6.45) is 1.11. The number of hydrogen-bond acceptors (Lipinski definition) is 3. The van der Waals surface area contributed by atoms with Crippen molar-refractivity contribution in [3.63, 3.8) is 0 Å². The normalized spacial score (nSPS) is 26.1. The number of ketones is 1. The largest absolute Gasteiger partial charge is 0.377 e. The molecule has 0 amide bonds. The zero-order valence-electron chi connectivity index (χ0n) is 11.9. The Morgan fingerprint density at radius 1 is 1.35 bits per heavy atom. The van der Waals surface area contributed by atoms with Crippen molar-refractivity contribution in [1.82, 2.24) is 4.90 Å². The molecule has 0 aromatic rings. The molecule has 0 spiro atoms. The molecule has 0 aromatic carbocycles. The summed E-state index contributed by atoms with van der Waals surface area (Å²) in [5.41, 5.74) is 0. The Balaban J connectivity index is 2.52. The van der Waals surface area contributed by atoms with Gasteiger partial charge < -0.3 is 4.74 Å². The van der Waals surface area contributed by atoms with Gasteiger partial charge in [-0.2, -0.15) is 0 Å². The topological polar surface area (TPSA) is 29.5 Å². The standard InChI is InChI=1S/C14H27NO2/c1-6-15-8-12(17-9-10(2)3)7-13(15)14(16)11(4)5/h10-13H,6-9H2,1-5H3/t12-,13+/m1/s1. The molecule has 3 heteroatoms. The SMILES string of the molecule is CCN1C[C@H](OCC(C)C)C[C@H]1C(=O)C(C)C. The number of likely N-dealkylation sites (tertiary alicyclic amines) is 1. The quantitative estimate of drug-likeness (QED) is 0.715. The van der Waals surface area contributed by atoms with Crippen LogP contribution >= 0.6 is 0 Å². The first-order valence-electron chi connectivity index (χ1n) is 6.85.